The standard InChI is InChI=1S/C13H22O2/c14-13(12-4-2-1-3-5-12)7-6-11-8-9-15-10-11/h6-7,11-14H,1-5,8-10H2. The predicted molar refractivity (Wildman–Crippen MR) is 60.6 cm³/mol. The molecule has 2 unspecified atom stereocenters. The van der Waals surface area contributed by atoms with E-state index in [2.05, 4.69) is 6.08 Å². The van der Waals surface area contributed by atoms with Gasteiger partial charge in [-0.05, 0) is 25.2 Å². The molecule has 2 aliphatic rings. The van der Waals surface area contributed by atoms with Gasteiger partial charge in [0.25, 0.3) is 0 Å². The molecule has 2 fully saturated rings. The number of hydrogen-bond acceptors (Lipinski definition) is 2. The Labute approximate surface area is 92.3 Å². The van der Waals surface area contributed by atoms with Crippen molar-refractivity contribution in [2.24, 2.45) is 11.8 Å². The molecule has 1 aliphatic carbocycles. The maximum atomic E-state index is 10.0. The Morgan fingerprint density at radius 1 is 1.13 bits per heavy atom. The first-order valence-corrected chi connectivity index (χ1v) is 6.30. The number of hydrogen-bond donors (Lipinski definition) is 1. The highest BCUT2D eigenvalue weighted by Crippen LogP contribution is 2.27. The van der Waals surface area contributed by atoms with E-state index >= 15 is 0 Å². The molecular weight excluding hydrogens is 188 g/mol. The maximum Gasteiger partial charge on any atom is 0.0749 e. The Hall–Kier alpha value is -0.340. The molecule has 0 radical (unpaired) electrons. The largest absolute Gasteiger partial charge is 0.389 e. The van der Waals surface area contributed by atoms with Crippen molar-refractivity contribution in [3.63, 3.8) is 0 Å². The quantitative estimate of drug-likeness (QED) is 0.725. The molecule has 2 nitrogen and oxygen atoms in total. The molecule has 1 aliphatic heterocycles. The summed E-state index contributed by atoms with van der Waals surface area (Å²) in [6.45, 7) is 1.72. The minimum absolute atomic E-state index is 0.217. The van der Waals surface area contributed by atoms with Crippen LogP contribution >= 0.6 is 0 Å². The molecule has 2 atom stereocenters. The summed E-state index contributed by atoms with van der Waals surface area (Å²) in [6.07, 6.45) is 11.4. The van der Waals surface area contributed by atoms with E-state index in [-0.39, 0.29) is 6.10 Å². The Kier molecular flexibility index (Phi) is 4.21. The molecule has 0 aromatic carbocycles. The summed E-state index contributed by atoms with van der Waals surface area (Å²) in [7, 11) is 0. The van der Waals surface area contributed by atoms with Crippen molar-refractivity contribution in [1.29, 1.82) is 0 Å². The van der Waals surface area contributed by atoms with Gasteiger partial charge in [0.2, 0.25) is 0 Å². The van der Waals surface area contributed by atoms with Crippen LogP contribution in [0.4, 0.5) is 0 Å². The van der Waals surface area contributed by atoms with Gasteiger partial charge in [-0.2, -0.15) is 0 Å². The second-order valence-electron chi connectivity index (χ2n) is 4.90. The summed E-state index contributed by atoms with van der Waals surface area (Å²) in [4.78, 5) is 0. The first-order chi connectivity index (χ1) is 7.36. The van der Waals surface area contributed by atoms with Crippen LogP contribution < -0.4 is 0 Å². The van der Waals surface area contributed by atoms with Crippen LogP contribution in [0.1, 0.15) is 38.5 Å². The lowest BCUT2D eigenvalue weighted by Gasteiger charge is -2.24. The lowest BCUT2D eigenvalue weighted by atomic mass is 9.85. The number of ether oxygens (including phenoxy) is 1. The Balaban J connectivity index is 1.76. The van der Waals surface area contributed by atoms with Crippen molar-refractivity contribution in [1.82, 2.24) is 0 Å². The summed E-state index contributed by atoms with van der Waals surface area (Å²) in [5.41, 5.74) is 0. The van der Waals surface area contributed by atoms with Crippen molar-refractivity contribution in [3.05, 3.63) is 12.2 Å². The van der Waals surface area contributed by atoms with E-state index in [9.17, 15) is 5.11 Å². The Morgan fingerprint density at radius 3 is 2.60 bits per heavy atom. The molecule has 0 bridgehead atoms. The van der Waals surface area contributed by atoms with Gasteiger partial charge in [-0.25, -0.2) is 0 Å². The second-order valence-corrected chi connectivity index (χ2v) is 4.90. The zero-order chi connectivity index (χ0) is 10.5. The average molecular weight is 210 g/mol. The molecule has 2 rings (SSSR count). The van der Waals surface area contributed by atoms with Crippen molar-refractivity contribution >= 4 is 0 Å². The van der Waals surface area contributed by atoms with E-state index in [0.29, 0.717) is 11.8 Å². The summed E-state index contributed by atoms with van der Waals surface area (Å²) >= 11 is 0. The van der Waals surface area contributed by atoms with Gasteiger partial charge in [0.1, 0.15) is 0 Å². The highest BCUT2D eigenvalue weighted by molar-refractivity contribution is 4.97. The van der Waals surface area contributed by atoms with Gasteiger partial charge in [-0.1, -0.05) is 31.4 Å². The van der Waals surface area contributed by atoms with E-state index in [1.807, 2.05) is 6.08 Å². The molecule has 1 N–H and O–H groups in total. The Bertz CT molecular complexity index is 201. The molecule has 86 valence electrons. The van der Waals surface area contributed by atoms with E-state index in [4.69, 9.17) is 4.74 Å². The number of aliphatic hydroxyl groups excluding tert-OH is 1. The molecule has 0 amide bonds. The molecule has 0 aromatic rings. The van der Waals surface area contributed by atoms with Crippen molar-refractivity contribution in [3.8, 4) is 0 Å². The topological polar surface area (TPSA) is 29.5 Å². The van der Waals surface area contributed by atoms with Gasteiger partial charge in [0, 0.05) is 12.5 Å². The molecule has 0 spiro atoms. The maximum absolute atomic E-state index is 10.0. The van der Waals surface area contributed by atoms with Crippen LogP contribution in [0.15, 0.2) is 12.2 Å². The van der Waals surface area contributed by atoms with E-state index in [1.54, 1.807) is 0 Å². The number of aliphatic hydroxyl groups is 1. The fourth-order valence-corrected chi connectivity index (χ4v) is 2.61. The van der Waals surface area contributed by atoms with Crippen LogP contribution in [0.2, 0.25) is 0 Å². The normalized spacial score (nSPS) is 31.1. The summed E-state index contributed by atoms with van der Waals surface area (Å²) < 4.78 is 5.30. The highest BCUT2D eigenvalue weighted by atomic mass is 16.5. The van der Waals surface area contributed by atoms with Crippen molar-refractivity contribution < 1.29 is 9.84 Å². The van der Waals surface area contributed by atoms with Crippen LogP contribution in [-0.2, 0) is 4.74 Å². The molecule has 2 heteroatoms. The third kappa shape index (κ3) is 3.32. The summed E-state index contributed by atoms with van der Waals surface area (Å²) in [5.74, 6) is 1.06. The smallest absolute Gasteiger partial charge is 0.0749 e. The van der Waals surface area contributed by atoms with Crippen LogP contribution in [-0.4, -0.2) is 24.4 Å². The minimum atomic E-state index is -0.217. The van der Waals surface area contributed by atoms with Crippen molar-refractivity contribution in [2.45, 2.75) is 44.6 Å². The van der Waals surface area contributed by atoms with Crippen LogP contribution in [0, 0.1) is 11.8 Å². The first kappa shape index (κ1) is 11.2. The Morgan fingerprint density at radius 2 is 1.93 bits per heavy atom. The van der Waals surface area contributed by atoms with Gasteiger partial charge in [0.15, 0.2) is 0 Å². The highest BCUT2D eigenvalue weighted by Gasteiger charge is 2.20. The fraction of sp³-hybridized carbons (Fsp3) is 0.846. The van der Waals surface area contributed by atoms with E-state index in [0.717, 1.165) is 19.6 Å². The summed E-state index contributed by atoms with van der Waals surface area (Å²) in [5, 5.41) is 10.0. The van der Waals surface area contributed by atoms with Crippen molar-refractivity contribution in [2.75, 3.05) is 13.2 Å². The summed E-state index contributed by atoms with van der Waals surface area (Å²) in [6, 6.07) is 0. The predicted octanol–water partition coefficient (Wildman–Crippen LogP) is 2.52. The third-order valence-corrected chi connectivity index (χ3v) is 3.68. The average Bonchev–Trinajstić information content (AvgIpc) is 2.80. The van der Waals surface area contributed by atoms with Gasteiger partial charge >= 0.3 is 0 Å². The molecule has 1 saturated carbocycles. The van der Waals surface area contributed by atoms with E-state index in [1.165, 1.54) is 32.1 Å². The van der Waals surface area contributed by atoms with Crippen LogP contribution in [0.5, 0.6) is 0 Å². The van der Waals surface area contributed by atoms with E-state index < -0.39 is 0 Å². The van der Waals surface area contributed by atoms with Crippen LogP contribution in [0.3, 0.4) is 0 Å². The van der Waals surface area contributed by atoms with Gasteiger partial charge in [-0.15, -0.1) is 0 Å². The molecule has 0 aromatic heterocycles. The first-order valence-electron chi connectivity index (χ1n) is 6.30. The lowest BCUT2D eigenvalue weighted by molar-refractivity contribution is 0.124. The number of rotatable bonds is 3. The van der Waals surface area contributed by atoms with Gasteiger partial charge in [-0.3, -0.25) is 0 Å². The molecular formula is C13H22O2. The monoisotopic (exact) mass is 210 g/mol. The lowest BCUT2D eigenvalue weighted by Crippen LogP contribution is -2.20. The van der Waals surface area contributed by atoms with Gasteiger partial charge < -0.3 is 9.84 Å². The SMILES string of the molecule is OC(C=CC1CCOC1)C1CCCCC1. The zero-order valence-corrected chi connectivity index (χ0v) is 9.40. The fourth-order valence-electron chi connectivity index (χ4n) is 2.61. The molecule has 15 heavy (non-hydrogen) atoms. The second kappa shape index (κ2) is 5.66. The molecule has 1 heterocycles. The molecule has 1 saturated heterocycles. The third-order valence-electron chi connectivity index (χ3n) is 3.68. The van der Waals surface area contributed by atoms with Gasteiger partial charge in [0.05, 0.1) is 12.7 Å². The zero-order valence-electron chi connectivity index (χ0n) is 9.40. The minimum Gasteiger partial charge on any atom is -0.389 e. The van der Waals surface area contributed by atoms with Crippen LogP contribution in [0.25, 0.3) is 0 Å².